The Morgan fingerprint density at radius 1 is 1.25 bits per heavy atom. The van der Waals surface area contributed by atoms with Crippen molar-refractivity contribution in [2.45, 2.75) is 24.1 Å². The van der Waals surface area contributed by atoms with E-state index in [9.17, 15) is 13.2 Å². The lowest BCUT2D eigenvalue weighted by atomic mass is 9.98. The van der Waals surface area contributed by atoms with Crippen molar-refractivity contribution >= 4 is 15.9 Å². The molecule has 0 aromatic heterocycles. The van der Waals surface area contributed by atoms with Gasteiger partial charge in [0.15, 0.2) is 0 Å². The molecule has 0 aliphatic carbocycles. The molecule has 2 rings (SSSR count). The van der Waals surface area contributed by atoms with E-state index in [1.54, 1.807) is 6.92 Å². The van der Waals surface area contributed by atoms with Crippen molar-refractivity contribution in [3.63, 3.8) is 0 Å². The van der Waals surface area contributed by atoms with Crippen molar-refractivity contribution in [2.75, 3.05) is 0 Å². The van der Waals surface area contributed by atoms with Gasteiger partial charge in [-0.1, -0.05) is 39.7 Å². The average Bonchev–Trinajstić information content (AvgIpc) is 2.96. The number of alkyl halides is 4. The maximum atomic E-state index is 12.7. The number of hydrogen-bond acceptors (Lipinski definition) is 2. The second kappa shape index (κ2) is 3.55. The number of rotatable bonds is 2. The molecule has 0 atom stereocenters. The lowest BCUT2D eigenvalue weighted by Gasteiger charge is -2.16. The molecular formula is C10H8BrF3N2. The average molecular weight is 293 g/mol. The van der Waals surface area contributed by atoms with Gasteiger partial charge in [0, 0.05) is 10.9 Å². The van der Waals surface area contributed by atoms with Gasteiger partial charge in [0.2, 0.25) is 0 Å². The number of halogens is 4. The van der Waals surface area contributed by atoms with Crippen LogP contribution in [0.25, 0.3) is 0 Å². The molecular weight excluding hydrogens is 285 g/mol. The number of benzene rings is 1. The molecule has 0 spiro atoms. The fraction of sp³-hybridized carbons (Fsp3) is 0.400. The third kappa shape index (κ3) is 1.75. The minimum Gasteiger partial charge on any atom is -0.166 e. The Labute approximate surface area is 98.7 Å². The Morgan fingerprint density at radius 3 is 2.31 bits per heavy atom. The summed E-state index contributed by atoms with van der Waals surface area (Å²) in [7, 11) is 0. The monoisotopic (exact) mass is 292 g/mol. The van der Waals surface area contributed by atoms with Gasteiger partial charge in [-0.3, -0.25) is 0 Å². The van der Waals surface area contributed by atoms with Crippen LogP contribution in [0.15, 0.2) is 28.4 Å². The highest BCUT2D eigenvalue weighted by Crippen LogP contribution is 2.52. The summed E-state index contributed by atoms with van der Waals surface area (Å²) < 4.78 is 38.2. The van der Waals surface area contributed by atoms with Gasteiger partial charge in [0.05, 0.1) is 0 Å². The Bertz CT molecular complexity index is 448. The first-order valence-electron chi connectivity index (χ1n) is 4.57. The zero-order valence-corrected chi connectivity index (χ0v) is 9.93. The molecule has 1 heterocycles. The van der Waals surface area contributed by atoms with Crippen LogP contribution in [0.1, 0.15) is 16.7 Å². The van der Waals surface area contributed by atoms with E-state index in [-0.39, 0.29) is 5.56 Å². The highest BCUT2D eigenvalue weighted by Gasteiger charge is 2.65. The summed E-state index contributed by atoms with van der Waals surface area (Å²) in [6, 6.07) is 4.78. The van der Waals surface area contributed by atoms with Crippen LogP contribution in [0.4, 0.5) is 13.2 Å². The summed E-state index contributed by atoms with van der Waals surface area (Å²) >= 11 is 3.22. The molecule has 16 heavy (non-hydrogen) atoms. The van der Waals surface area contributed by atoms with Crippen LogP contribution >= 0.6 is 15.9 Å². The number of nitrogens with zero attached hydrogens (tertiary/aromatic N) is 2. The molecule has 86 valence electrons. The van der Waals surface area contributed by atoms with E-state index < -0.39 is 11.8 Å². The van der Waals surface area contributed by atoms with Crippen LogP contribution in [0, 0.1) is 6.92 Å². The van der Waals surface area contributed by atoms with Crippen molar-refractivity contribution in [2.24, 2.45) is 10.2 Å². The lowest BCUT2D eigenvalue weighted by molar-refractivity contribution is -0.166. The second-order valence-electron chi connectivity index (χ2n) is 3.71. The summed E-state index contributed by atoms with van der Waals surface area (Å²) in [5, 5.41) is 6.86. The number of aryl methyl sites for hydroxylation is 1. The van der Waals surface area contributed by atoms with Gasteiger partial charge >= 0.3 is 11.8 Å². The van der Waals surface area contributed by atoms with E-state index in [2.05, 4.69) is 26.2 Å². The van der Waals surface area contributed by atoms with Gasteiger partial charge in [-0.05, 0) is 12.5 Å². The zero-order valence-electron chi connectivity index (χ0n) is 8.35. The highest BCUT2D eigenvalue weighted by molar-refractivity contribution is 9.08. The molecule has 2 nitrogen and oxygen atoms in total. The smallest absolute Gasteiger partial charge is 0.166 e. The fourth-order valence-corrected chi connectivity index (χ4v) is 1.91. The molecule has 1 aliphatic heterocycles. The molecule has 0 N–H and O–H groups in total. The number of hydrogen-bond donors (Lipinski definition) is 0. The van der Waals surface area contributed by atoms with Gasteiger partial charge in [0.1, 0.15) is 0 Å². The van der Waals surface area contributed by atoms with Gasteiger partial charge in [-0.15, -0.1) is 10.2 Å². The summed E-state index contributed by atoms with van der Waals surface area (Å²) in [4.78, 5) is 0. The minimum atomic E-state index is -4.45. The van der Waals surface area contributed by atoms with Crippen LogP contribution in [0.5, 0.6) is 0 Å². The van der Waals surface area contributed by atoms with E-state index >= 15 is 0 Å². The summed E-state index contributed by atoms with van der Waals surface area (Å²) in [6.45, 7) is 1.75. The van der Waals surface area contributed by atoms with Crippen LogP contribution < -0.4 is 0 Å². The SMILES string of the molecule is Cc1cc(CBr)cc(C2(C(F)(F)F)N=N2)c1. The Hall–Kier alpha value is -0.910. The molecule has 0 bridgehead atoms. The van der Waals surface area contributed by atoms with E-state index in [0.717, 1.165) is 11.1 Å². The summed E-state index contributed by atoms with van der Waals surface area (Å²) in [5.41, 5.74) is -0.658. The van der Waals surface area contributed by atoms with E-state index in [1.807, 2.05) is 6.07 Å². The first kappa shape index (κ1) is 11.6. The molecule has 0 radical (unpaired) electrons. The zero-order chi connectivity index (χ0) is 12.0. The third-order valence-electron chi connectivity index (χ3n) is 2.39. The molecule has 1 aromatic rings. The third-order valence-corrected chi connectivity index (χ3v) is 3.04. The van der Waals surface area contributed by atoms with Gasteiger partial charge in [0.25, 0.3) is 0 Å². The molecule has 1 aliphatic rings. The Kier molecular flexibility index (Phi) is 2.57. The first-order valence-corrected chi connectivity index (χ1v) is 5.69. The first-order chi connectivity index (χ1) is 7.39. The van der Waals surface area contributed by atoms with E-state index in [0.29, 0.717) is 5.33 Å². The maximum Gasteiger partial charge on any atom is 0.442 e. The van der Waals surface area contributed by atoms with Gasteiger partial charge in [-0.2, -0.15) is 13.2 Å². The van der Waals surface area contributed by atoms with Crippen molar-refractivity contribution in [1.82, 2.24) is 0 Å². The molecule has 6 heteroatoms. The Morgan fingerprint density at radius 2 is 1.88 bits per heavy atom. The molecule has 0 amide bonds. The summed E-state index contributed by atoms with van der Waals surface area (Å²) in [5.74, 6) is 0. The van der Waals surface area contributed by atoms with Crippen LogP contribution in [-0.2, 0) is 11.0 Å². The van der Waals surface area contributed by atoms with Crippen molar-refractivity contribution in [1.29, 1.82) is 0 Å². The predicted molar refractivity (Wildman–Crippen MR) is 56.4 cm³/mol. The van der Waals surface area contributed by atoms with Crippen molar-refractivity contribution in [3.05, 3.63) is 34.9 Å². The molecule has 0 fully saturated rings. The van der Waals surface area contributed by atoms with Gasteiger partial charge < -0.3 is 0 Å². The van der Waals surface area contributed by atoms with E-state index in [4.69, 9.17) is 0 Å². The lowest BCUT2D eigenvalue weighted by Crippen LogP contribution is -2.30. The fourth-order valence-electron chi connectivity index (χ4n) is 1.58. The predicted octanol–water partition coefficient (Wildman–Crippen LogP) is 4.07. The van der Waals surface area contributed by atoms with Crippen molar-refractivity contribution in [3.8, 4) is 0 Å². The summed E-state index contributed by atoms with van der Waals surface area (Å²) in [6.07, 6.45) is -4.45. The minimum absolute atomic E-state index is 0.0921. The molecule has 0 unspecified atom stereocenters. The van der Waals surface area contributed by atoms with Crippen LogP contribution in [-0.4, -0.2) is 6.18 Å². The highest BCUT2D eigenvalue weighted by atomic mass is 79.9. The largest absolute Gasteiger partial charge is 0.442 e. The normalized spacial score (nSPS) is 17.6. The standard InChI is InChI=1S/C10H8BrF3N2/c1-6-2-7(5-11)4-8(3-6)9(15-16-9)10(12,13)14/h2-4H,5H2,1H3. The second-order valence-corrected chi connectivity index (χ2v) is 4.27. The van der Waals surface area contributed by atoms with Crippen molar-refractivity contribution < 1.29 is 13.2 Å². The molecule has 0 saturated heterocycles. The van der Waals surface area contributed by atoms with Crippen LogP contribution in [0.2, 0.25) is 0 Å². The maximum absolute atomic E-state index is 12.7. The topological polar surface area (TPSA) is 24.7 Å². The van der Waals surface area contributed by atoms with E-state index in [1.165, 1.54) is 12.1 Å². The quantitative estimate of drug-likeness (QED) is 0.734. The molecule has 0 saturated carbocycles. The van der Waals surface area contributed by atoms with Gasteiger partial charge in [-0.25, -0.2) is 0 Å². The molecule has 1 aromatic carbocycles. The Balaban J connectivity index is 2.45. The van der Waals surface area contributed by atoms with Crippen LogP contribution in [0.3, 0.4) is 0 Å².